The Morgan fingerprint density at radius 3 is 3.00 bits per heavy atom. The Bertz CT molecular complexity index is 127. The molecule has 3 nitrogen and oxygen atoms in total. The van der Waals surface area contributed by atoms with Crippen molar-refractivity contribution in [1.82, 2.24) is 10.6 Å². The lowest BCUT2D eigenvalue weighted by molar-refractivity contribution is -0.109. The first-order valence-corrected chi connectivity index (χ1v) is 4.31. The van der Waals surface area contributed by atoms with Crippen molar-refractivity contribution in [2.75, 3.05) is 6.54 Å². The quantitative estimate of drug-likeness (QED) is 0.574. The third-order valence-electron chi connectivity index (χ3n) is 2.01. The summed E-state index contributed by atoms with van der Waals surface area (Å²) < 4.78 is 0. The fourth-order valence-electron chi connectivity index (χ4n) is 1.33. The van der Waals surface area contributed by atoms with Crippen LogP contribution in [0.15, 0.2) is 0 Å². The number of aldehydes is 1. The third kappa shape index (κ3) is 2.60. The van der Waals surface area contributed by atoms with Gasteiger partial charge in [0.05, 0.1) is 12.2 Å². The number of hydrogen-bond donors (Lipinski definition) is 2. The second-order valence-corrected chi connectivity index (χ2v) is 3.01. The average molecular weight is 156 g/mol. The molecule has 0 aliphatic carbocycles. The van der Waals surface area contributed by atoms with Gasteiger partial charge in [-0.3, -0.25) is 10.6 Å². The first-order chi connectivity index (χ1) is 5.36. The normalized spacial score (nSPS) is 30.6. The fourth-order valence-corrected chi connectivity index (χ4v) is 1.33. The van der Waals surface area contributed by atoms with E-state index in [0.717, 1.165) is 19.3 Å². The van der Waals surface area contributed by atoms with E-state index in [4.69, 9.17) is 0 Å². The van der Waals surface area contributed by atoms with Gasteiger partial charge in [-0.05, 0) is 6.42 Å². The van der Waals surface area contributed by atoms with Gasteiger partial charge in [-0.25, -0.2) is 0 Å². The standard InChI is InChI=1S/C8H16N2O/c1-2-3-4-8-9-5-7(6-11)10-8/h6-10H,2-5H2,1H3. The Labute approximate surface area is 67.5 Å². The van der Waals surface area contributed by atoms with E-state index in [1.807, 2.05) is 0 Å². The highest BCUT2D eigenvalue weighted by Gasteiger charge is 2.20. The summed E-state index contributed by atoms with van der Waals surface area (Å²) in [5.41, 5.74) is 0. The summed E-state index contributed by atoms with van der Waals surface area (Å²) in [5, 5.41) is 6.45. The van der Waals surface area contributed by atoms with Crippen LogP contribution in [0.4, 0.5) is 0 Å². The predicted octanol–water partition coefficient (Wildman–Crippen LogP) is 0.263. The molecule has 1 aliphatic heterocycles. The Balaban J connectivity index is 2.14. The van der Waals surface area contributed by atoms with E-state index >= 15 is 0 Å². The minimum absolute atomic E-state index is 0.0388. The van der Waals surface area contributed by atoms with Gasteiger partial charge in [0.15, 0.2) is 0 Å². The highest BCUT2D eigenvalue weighted by molar-refractivity contribution is 5.58. The number of carbonyl (C=O) groups is 1. The zero-order valence-corrected chi connectivity index (χ0v) is 6.97. The molecule has 3 heteroatoms. The van der Waals surface area contributed by atoms with Crippen molar-refractivity contribution in [2.24, 2.45) is 0 Å². The van der Waals surface area contributed by atoms with Gasteiger partial charge in [-0.1, -0.05) is 19.8 Å². The fraction of sp³-hybridized carbons (Fsp3) is 0.875. The summed E-state index contributed by atoms with van der Waals surface area (Å²) in [6, 6.07) is 0.0388. The molecule has 0 aromatic carbocycles. The lowest BCUT2D eigenvalue weighted by Crippen LogP contribution is -2.33. The SMILES string of the molecule is CCCCC1NCC(C=O)N1. The zero-order chi connectivity index (χ0) is 8.10. The molecule has 64 valence electrons. The Hall–Kier alpha value is -0.410. The molecule has 2 atom stereocenters. The molecule has 0 spiro atoms. The minimum Gasteiger partial charge on any atom is -0.302 e. The van der Waals surface area contributed by atoms with Crippen LogP contribution in [0.1, 0.15) is 26.2 Å². The van der Waals surface area contributed by atoms with Gasteiger partial charge in [0.25, 0.3) is 0 Å². The van der Waals surface area contributed by atoms with Crippen LogP contribution < -0.4 is 10.6 Å². The van der Waals surface area contributed by atoms with Gasteiger partial charge in [0.2, 0.25) is 0 Å². The molecule has 0 saturated carbocycles. The minimum atomic E-state index is 0.0388. The summed E-state index contributed by atoms with van der Waals surface area (Å²) in [6.45, 7) is 2.96. The van der Waals surface area contributed by atoms with Crippen LogP contribution in [0, 0.1) is 0 Å². The van der Waals surface area contributed by atoms with Crippen molar-refractivity contribution < 1.29 is 4.79 Å². The van der Waals surface area contributed by atoms with E-state index in [1.165, 1.54) is 12.8 Å². The second-order valence-electron chi connectivity index (χ2n) is 3.01. The van der Waals surface area contributed by atoms with Crippen molar-refractivity contribution in [3.05, 3.63) is 0 Å². The summed E-state index contributed by atoms with van der Waals surface area (Å²) in [6.07, 6.45) is 4.90. The van der Waals surface area contributed by atoms with Crippen molar-refractivity contribution in [3.8, 4) is 0 Å². The lowest BCUT2D eigenvalue weighted by Gasteiger charge is -2.09. The third-order valence-corrected chi connectivity index (χ3v) is 2.01. The Kier molecular flexibility index (Phi) is 3.52. The monoisotopic (exact) mass is 156 g/mol. The molecular formula is C8H16N2O. The van der Waals surface area contributed by atoms with Crippen LogP contribution in [-0.2, 0) is 4.79 Å². The van der Waals surface area contributed by atoms with E-state index < -0.39 is 0 Å². The maximum Gasteiger partial charge on any atom is 0.138 e. The zero-order valence-electron chi connectivity index (χ0n) is 6.97. The molecule has 0 bridgehead atoms. The van der Waals surface area contributed by atoms with Gasteiger partial charge >= 0.3 is 0 Å². The van der Waals surface area contributed by atoms with Gasteiger partial charge in [-0.2, -0.15) is 0 Å². The van der Waals surface area contributed by atoms with Crippen molar-refractivity contribution in [3.63, 3.8) is 0 Å². The van der Waals surface area contributed by atoms with E-state index in [0.29, 0.717) is 6.17 Å². The summed E-state index contributed by atoms with van der Waals surface area (Å²) in [7, 11) is 0. The molecule has 0 amide bonds. The second kappa shape index (κ2) is 4.46. The highest BCUT2D eigenvalue weighted by Crippen LogP contribution is 2.02. The first-order valence-electron chi connectivity index (χ1n) is 4.31. The van der Waals surface area contributed by atoms with Gasteiger partial charge < -0.3 is 4.79 Å². The van der Waals surface area contributed by atoms with Crippen molar-refractivity contribution in [1.29, 1.82) is 0 Å². The highest BCUT2D eigenvalue weighted by atomic mass is 16.1. The number of hydrogen-bond acceptors (Lipinski definition) is 3. The number of rotatable bonds is 4. The molecule has 1 fully saturated rings. The molecule has 1 saturated heterocycles. The maximum atomic E-state index is 10.3. The van der Waals surface area contributed by atoms with Crippen LogP contribution in [0.5, 0.6) is 0 Å². The largest absolute Gasteiger partial charge is 0.302 e. The topological polar surface area (TPSA) is 41.1 Å². The summed E-state index contributed by atoms with van der Waals surface area (Å²) in [4.78, 5) is 10.3. The van der Waals surface area contributed by atoms with Crippen LogP contribution in [0.2, 0.25) is 0 Å². The van der Waals surface area contributed by atoms with Crippen LogP contribution in [0.3, 0.4) is 0 Å². The summed E-state index contributed by atoms with van der Waals surface area (Å²) >= 11 is 0. The van der Waals surface area contributed by atoms with Gasteiger partial charge in [-0.15, -0.1) is 0 Å². The molecule has 2 unspecified atom stereocenters. The van der Waals surface area contributed by atoms with E-state index in [-0.39, 0.29) is 6.04 Å². The van der Waals surface area contributed by atoms with Crippen molar-refractivity contribution in [2.45, 2.75) is 38.4 Å². The number of carbonyl (C=O) groups excluding carboxylic acids is 1. The lowest BCUT2D eigenvalue weighted by atomic mass is 10.2. The van der Waals surface area contributed by atoms with Crippen molar-refractivity contribution >= 4 is 6.29 Å². The van der Waals surface area contributed by atoms with E-state index in [9.17, 15) is 4.79 Å². The van der Waals surface area contributed by atoms with Crippen LogP contribution >= 0.6 is 0 Å². The average Bonchev–Trinajstić information content (AvgIpc) is 2.48. The van der Waals surface area contributed by atoms with Crippen LogP contribution in [0.25, 0.3) is 0 Å². The van der Waals surface area contributed by atoms with Crippen LogP contribution in [-0.4, -0.2) is 25.0 Å². The number of unbranched alkanes of at least 4 members (excludes halogenated alkanes) is 1. The molecule has 0 aromatic rings. The van der Waals surface area contributed by atoms with Gasteiger partial charge in [0.1, 0.15) is 6.29 Å². The maximum absolute atomic E-state index is 10.3. The summed E-state index contributed by atoms with van der Waals surface area (Å²) in [5.74, 6) is 0. The van der Waals surface area contributed by atoms with Gasteiger partial charge in [0, 0.05) is 6.54 Å². The Morgan fingerprint density at radius 2 is 2.45 bits per heavy atom. The molecule has 1 aliphatic rings. The smallest absolute Gasteiger partial charge is 0.138 e. The molecule has 1 heterocycles. The predicted molar refractivity (Wildman–Crippen MR) is 44.3 cm³/mol. The Morgan fingerprint density at radius 1 is 1.64 bits per heavy atom. The number of nitrogens with one attached hydrogen (secondary N) is 2. The molecule has 11 heavy (non-hydrogen) atoms. The van der Waals surface area contributed by atoms with E-state index in [2.05, 4.69) is 17.6 Å². The van der Waals surface area contributed by atoms with E-state index in [1.54, 1.807) is 0 Å². The molecular weight excluding hydrogens is 140 g/mol. The molecule has 1 rings (SSSR count). The first kappa shape index (κ1) is 8.68. The molecule has 0 radical (unpaired) electrons. The molecule has 0 aromatic heterocycles. The molecule has 2 N–H and O–H groups in total.